The minimum atomic E-state index is -0.519. The molecule has 0 amide bonds. The monoisotopic (exact) mass is 456 g/mol. The molecule has 4 nitrogen and oxygen atoms in total. The quantitative estimate of drug-likeness (QED) is 0.105. The fourth-order valence-corrected chi connectivity index (χ4v) is 4.03. The maximum absolute atomic E-state index is 12.0. The third kappa shape index (κ3) is 24.0. The molecule has 32 heavy (non-hydrogen) atoms. The Morgan fingerprint density at radius 3 is 1.47 bits per heavy atom. The first kappa shape index (κ1) is 31.4. The van der Waals surface area contributed by atoms with E-state index < -0.39 is 6.10 Å². The molecule has 0 bridgehead atoms. The van der Waals surface area contributed by atoms with Crippen molar-refractivity contribution < 1.29 is 19.4 Å². The minimum absolute atomic E-state index is 0.166. The van der Waals surface area contributed by atoms with Crippen LogP contribution in [-0.2, 0) is 14.3 Å². The molecule has 4 heteroatoms. The number of hydrogen-bond acceptors (Lipinski definition) is 4. The lowest BCUT2D eigenvalue weighted by molar-refractivity contribution is -0.154. The molecule has 0 spiro atoms. The van der Waals surface area contributed by atoms with E-state index in [2.05, 4.69) is 13.8 Å². The van der Waals surface area contributed by atoms with Crippen LogP contribution < -0.4 is 0 Å². The van der Waals surface area contributed by atoms with E-state index in [0.717, 1.165) is 19.3 Å². The number of ether oxygens (including phenoxy) is 2. The number of aliphatic hydroxyl groups is 1. The zero-order chi connectivity index (χ0) is 23.5. The van der Waals surface area contributed by atoms with Gasteiger partial charge in [-0.1, -0.05) is 129 Å². The highest BCUT2D eigenvalue weighted by atomic mass is 16.6. The van der Waals surface area contributed by atoms with Crippen molar-refractivity contribution in [1.29, 1.82) is 0 Å². The first-order valence-corrected chi connectivity index (χ1v) is 14.1. The molecule has 0 aliphatic carbocycles. The summed E-state index contributed by atoms with van der Waals surface area (Å²) in [5.41, 5.74) is 0. The summed E-state index contributed by atoms with van der Waals surface area (Å²) in [5, 5.41) is 9.41. The second-order valence-electron chi connectivity index (χ2n) is 9.48. The topological polar surface area (TPSA) is 55.8 Å². The Balaban J connectivity index is 3.40. The predicted octanol–water partition coefficient (Wildman–Crippen LogP) is 8.14. The van der Waals surface area contributed by atoms with Gasteiger partial charge in [0.2, 0.25) is 0 Å². The van der Waals surface area contributed by atoms with Gasteiger partial charge in [-0.15, -0.1) is 0 Å². The highest BCUT2D eigenvalue weighted by Gasteiger charge is 2.13. The summed E-state index contributed by atoms with van der Waals surface area (Å²) in [7, 11) is 0. The summed E-state index contributed by atoms with van der Waals surface area (Å²) in [6, 6.07) is 0. The normalized spacial score (nSPS) is 12.2. The van der Waals surface area contributed by atoms with Crippen molar-refractivity contribution in [2.24, 2.45) is 0 Å². The Labute approximate surface area is 200 Å². The van der Waals surface area contributed by atoms with Crippen molar-refractivity contribution in [2.75, 3.05) is 19.8 Å². The molecule has 192 valence electrons. The number of carbonyl (C=O) groups excluding carboxylic acids is 1. The molecule has 0 heterocycles. The van der Waals surface area contributed by atoms with Crippen molar-refractivity contribution in [3.63, 3.8) is 0 Å². The third-order valence-electron chi connectivity index (χ3n) is 6.18. The highest BCUT2D eigenvalue weighted by Crippen LogP contribution is 2.13. The zero-order valence-corrected chi connectivity index (χ0v) is 21.7. The lowest BCUT2D eigenvalue weighted by atomic mass is 10.0. The zero-order valence-electron chi connectivity index (χ0n) is 21.7. The van der Waals surface area contributed by atoms with Gasteiger partial charge >= 0.3 is 5.97 Å². The number of esters is 1. The molecule has 1 N–H and O–H groups in total. The summed E-state index contributed by atoms with van der Waals surface area (Å²) >= 11 is 0. The van der Waals surface area contributed by atoms with Crippen LogP contribution >= 0.6 is 0 Å². The van der Waals surface area contributed by atoms with Crippen molar-refractivity contribution in [1.82, 2.24) is 0 Å². The van der Waals surface area contributed by atoms with E-state index in [-0.39, 0.29) is 12.6 Å². The van der Waals surface area contributed by atoms with Gasteiger partial charge in [-0.2, -0.15) is 0 Å². The van der Waals surface area contributed by atoms with Crippen molar-refractivity contribution in [3.05, 3.63) is 0 Å². The van der Waals surface area contributed by atoms with Crippen LogP contribution in [0.15, 0.2) is 0 Å². The van der Waals surface area contributed by atoms with Gasteiger partial charge in [0.25, 0.3) is 0 Å². The van der Waals surface area contributed by atoms with E-state index in [1.807, 2.05) is 0 Å². The summed E-state index contributed by atoms with van der Waals surface area (Å²) in [5.74, 6) is -0.203. The van der Waals surface area contributed by atoms with Gasteiger partial charge in [0.1, 0.15) is 6.10 Å². The van der Waals surface area contributed by atoms with Gasteiger partial charge in [0.15, 0.2) is 0 Å². The molecule has 1 atom stereocenters. The van der Waals surface area contributed by atoms with E-state index in [1.165, 1.54) is 109 Å². The molecule has 1 unspecified atom stereocenters. The summed E-state index contributed by atoms with van der Waals surface area (Å²) < 4.78 is 10.9. The SMILES string of the molecule is CCCCCCCCCCCCCCCCC(=O)OC(CO)COCCCCCCCC. The second kappa shape index (κ2) is 26.6. The van der Waals surface area contributed by atoms with Crippen molar-refractivity contribution in [2.45, 2.75) is 155 Å². The standard InChI is InChI=1S/C28H56O4/c1-3-5-7-9-11-12-13-14-15-16-17-18-19-21-23-28(30)32-27(25-29)26-31-24-22-20-10-8-6-4-2/h27,29H,3-26H2,1-2H3. The molecule has 0 aromatic carbocycles. The molecular weight excluding hydrogens is 400 g/mol. The van der Waals surface area contributed by atoms with Crippen LogP contribution in [0, 0.1) is 0 Å². The number of rotatable bonds is 26. The van der Waals surface area contributed by atoms with Gasteiger partial charge in [-0.3, -0.25) is 4.79 Å². The first-order chi connectivity index (χ1) is 15.7. The second-order valence-corrected chi connectivity index (χ2v) is 9.48. The molecule has 0 rings (SSSR count). The smallest absolute Gasteiger partial charge is 0.306 e. The maximum Gasteiger partial charge on any atom is 0.306 e. The minimum Gasteiger partial charge on any atom is -0.457 e. The van der Waals surface area contributed by atoms with E-state index in [0.29, 0.717) is 19.6 Å². The Morgan fingerprint density at radius 2 is 1.03 bits per heavy atom. The summed E-state index contributed by atoms with van der Waals surface area (Å²) in [6.07, 6.45) is 25.6. The van der Waals surface area contributed by atoms with E-state index >= 15 is 0 Å². The van der Waals surface area contributed by atoms with Gasteiger partial charge in [-0.25, -0.2) is 0 Å². The largest absolute Gasteiger partial charge is 0.457 e. The fraction of sp³-hybridized carbons (Fsp3) is 0.964. The van der Waals surface area contributed by atoms with Gasteiger partial charge in [-0.05, 0) is 12.8 Å². The lowest BCUT2D eigenvalue weighted by Gasteiger charge is -2.15. The highest BCUT2D eigenvalue weighted by molar-refractivity contribution is 5.69. The van der Waals surface area contributed by atoms with Gasteiger partial charge in [0, 0.05) is 13.0 Å². The maximum atomic E-state index is 12.0. The molecule has 0 saturated heterocycles. The van der Waals surface area contributed by atoms with Gasteiger partial charge < -0.3 is 14.6 Å². The van der Waals surface area contributed by atoms with Crippen molar-refractivity contribution >= 4 is 5.97 Å². The van der Waals surface area contributed by atoms with Crippen LogP contribution in [0.2, 0.25) is 0 Å². The Bertz CT molecular complexity index is 372. The van der Waals surface area contributed by atoms with Crippen LogP contribution in [0.4, 0.5) is 0 Å². The van der Waals surface area contributed by atoms with Crippen LogP contribution in [0.3, 0.4) is 0 Å². The Kier molecular flexibility index (Phi) is 26.1. The van der Waals surface area contributed by atoms with Crippen LogP contribution in [0.25, 0.3) is 0 Å². The van der Waals surface area contributed by atoms with Crippen molar-refractivity contribution in [3.8, 4) is 0 Å². The van der Waals surface area contributed by atoms with E-state index in [1.54, 1.807) is 0 Å². The van der Waals surface area contributed by atoms with Crippen LogP contribution in [0.1, 0.15) is 149 Å². The average molecular weight is 457 g/mol. The third-order valence-corrected chi connectivity index (χ3v) is 6.18. The molecule has 0 aromatic rings. The molecular formula is C28H56O4. The summed E-state index contributed by atoms with van der Waals surface area (Å²) in [6.45, 7) is 5.31. The van der Waals surface area contributed by atoms with E-state index in [9.17, 15) is 9.90 Å². The van der Waals surface area contributed by atoms with Gasteiger partial charge in [0.05, 0.1) is 13.2 Å². The molecule has 0 aromatic heterocycles. The first-order valence-electron chi connectivity index (χ1n) is 14.1. The molecule has 0 aliphatic heterocycles. The Hall–Kier alpha value is -0.610. The number of unbranched alkanes of at least 4 members (excludes halogenated alkanes) is 18. The van der Waals surface area contributed by atoms with E-state index in [4.69, 9.17) is 9.47 Å². The average Bonchev–Trinajstić information content (AvgIpc) is 2.80. The number of aliphatic hydroxyl groups excluding tert-OH is 1. The molecule has 0 aliphatic rings. The predicted molar refractivity (Wildman–Crippen MR) is 136 cm³/mol. The molecule has 0 fully saturated rings. The van der Waals surface area contributed by atoms with Crippen LogP contribution in [-0.4, -0.2) is 37.0 Å². The Morgan fingerprint density at radius 1 is 0.625 bits per heavy atom. The number of carbonyl (C=O) groups is 1. The molecule has 0 radical (unpaired) electrons. The lowest BCUT2D eigenvalue weighted by Crippen LogP contribution is -2.27. The van der Waals surface area contributed by atoms with Crippen LogP contribution in [0.5, 0.6) is 0 Å². The summed E-state index contributed by atoms with van der Waals surface area (Å²) in [4.78, 5) is 12.0. The molecule has 0 saturated carbocycles. The number of hydrogen-bond donors (Lipinski definition) is 1. The fourth-order valence-electron chi connectivity index (χ4n) is 4.03.